The van der Waals surface area contributed by atoms with E-state index in [1.165, 1.54) is 0 Å². The van der Waals surface area contributed by atoms with Crippen LogP contribution in [0.5, 0.6) is 0 Å². The highest BCUT2D eigenvalue weighted by Crippen LogP contribution is 2.32. The second-order valence-electron chi connectivity index (χ2n) is 5.34. The Bertz CT molecular complexity index is 962. The molecule has 0 saturated carbocycles. The highest BCUT2D eigenvalue weighted by molar-refractivity contribution is 6.30. The summed E-state index contributed by atoms with van der Waals surface area (Å²) in [5, 5.41) is 4.78. The maximum atomic E-state index is 5.92. The summed E-state index contributed by atoms with van der Waals surface area (Å²) in [6.07, 6.45) is 0. The number of halogens is 1. The monoisotopic (exact) mass is 332 g/mol. The van der Waals surface area contributed by atoms with E-state index in [9.17, 15) is 0 Å². The molecule has 0 radical (unpaired) electrons. The van der Waals surface area contributed by atoms with Crippen molar-refractivity contribution in [2.24, 2.45) is 0 Å². The van der Waals surface area contributed by atoms with Crippen molar-refractivity contribution < 1.29 is 4.52 Å². The van der Waals surface area contributed by atoms with Crippen LogP contribution in [0.4, 0.5) is 0 Å². The van der Waals surface area contributed by atoms with Gasteiger partial charge >= 0.3 is 0 Å². The van der Waals surface area contributed by atoms with Crippen molar-refractivity contribution in [2.45, 2.75) is 0 Å². The van der Waals surface area contributed by atoms with Gasteiger partial charge < -0.3 is 4.52 Å². The van der Waals surface area contributed by atoms with Crippen molar-refractivity contribution in [3.63, 3.8) is 0 Å². The van der Waals surface area contributed by atoms with Crippen LogP contribution in [0.15, 0.2) is 83.4 Å². The predicted octanol–water partition coefficient (Wildman–Crippen LogP) is 5.72. The molecular formula is C20H13ClN2O. The van der Waals surface area contributed by atoms with Crippen LogP contribution in [0.3, 0.4) is 0 Å². The minimum absolute atomic E-state index is 0.499. The van der Waals surface area contributed by atoms with E-state index in [0.29, 0.717) is 16.7 Å². The lowest BCUT2D eigenvalue weighted by molar-refractivity contribution is 0.432. The summed E-state index contributed by atoms with van der Waals surface area (Å²) in [7, 11) is 0. The maximum Gasteiger partial charge on any atom is 0.258 e. The largest absolute Gasteiger partial charge is 0.334 e. The molecule has 116 valence electrons. The van der Waals surface area contributed by atoms with E-state index in [-0.39, 0.29) is 0 Å². The van der Waals surface area contributed by atoms with Crippen LogP contribution in [0.2, 0.25) is 5.02 Å². The fourth-order valence-electron chi connectivity index (χ4n) is 2.59. The summed E-state index contributed by atoms with van der Waals surface area (Å²) >= 11 is 5.92. The van der Waals surface area contributed by atoms with Crippen molar-refractivity contribution in [2.75, 3.05) is 0 Å². The molecule has 0 aliphatic heterocycles. The first kappa shape index (κ1) is 14.7. The molecule has 4 heteroatoms. The lowest BCUT2D eigenvalue weighted by Gasteiger charge is -2.05. The Labute approximate surface area is 144 Å². The highest BCUT2D eigenvalue weighted by atomic mass is 35.5. The molecule has 0 unspecified atom stereocenters. The molecule has 0 aliphatic rings. The molecule has 0 amide bonds. The second-order valence-corrected chi connectivity index (χ2v) is 5.78. The molecule has 4 rings (SSSR count). The molecule has 0 spiro atoms. The number of hydrogen-bond donors (Lipinski definition) is 0. The highest BCUT2D eigenvalue weighted by Gasteiger charge is 2.14. The number of aromatic nitrogens is 2. The van der Waals surface area contributed by atoms with Crippen LogP contribution in [-0.4, -0.2) is 10.1 Å². The molecule has 1 heterocycles. The lowest BCUT2D eigenvalue weighted by atomic mass is 10.00. The Kier molecular flexibility index (Phi) is 3.85. The van der Waals surface area contributed by atoms with E-state index >= 15 is 0 Å². The van der Waals surface area contributed by atoms with Gasteiger partial charge in [-0.2, -0.15) is 4.98 Å². The Morgan fingerprint density at radius 3 is 2.08 bits per heavy atom. The van der Waals surface area contributed by atoms with Gasteiger partial charge in [-0.1, -0.05) is 65.3 Å². The van der Waals surface area contributed by atoms with Crippen LogP contribution in [0.25, 0.3) is 34.0 Å². The normalized spacial score (nSPS) is 10.7. The van der Waals surface area contributed by atoms with E-state index in [0.717, 1.165) is 22.3 Å². The van der Waals surface area contributed by atoms with Crippen molar-refractivity contribution in [1.29, 1.82) is 0 Å². The van der Waals surface area contributed by atoms with Gasteiger partial charge in [-0.15, -0.1) is 0 Å². The van der Waals surface area contributed by atoms with Crippen molar-refractivity contribution >= 4 is 11.6 Å². The third-order valence-corrected chi connectivity index (χ3v) is 4.02. The summed E-state index contributed by atoms with van der Waals surface area (Å²) < 4.78 is 5.50. The summed E-state index contributed by atoms with van der Waals surface area (Å²) in [4.78, 5) is 4.55. The molecule has 0 saturated heterocycles. The molecular weight excluding hydrogens is 320 g/mol. The summed E-state index contributed by atoms with van der Waals surface area (Å²) in [5.74, 6) is 1.05. The van der Waals surface area contributed by atoms with Gasteiger partial charge in [-0.05, 0) is 41.5 Å². The third-order valence-electron chi connectivity index (χ3n) is 3.77. The molecule has 1 aromatic heterocycles. The van der Waals surface area contributed by atoms with Crippen molar-refractivity contribution in [1.82, 2.24) is 10.1 Å². The zero-order valence-corrected chi connectivity index (χ0v) is 13.4. The van der Waals surface area contributed by atoms with Crippen LogP contribution < -0.4 is 0 Å². The zero-order chi connectivity index (χ0) is 16.4. The molecule has 0 aliphatic carbocycles. The van der Waals surface area contributed by atoms with Crippen LogP contribution in [0.1, 0.15) is 0 Å². The molecule has 0 atom stereocenters. The Morgan fingerprint density at radius 2 is 1.33 bits per heavy atom. The van der Waals surface area contributed by atoms with Crippen molar-refractivity contribution in [3.05, 3.63) is 83.9 Å². The number of benzene rings is 3. The Balaban J connectivity index is 1.77. The summed E-state index contributed by atoms with van der Waals surface area (Å²) in [6.45, 7) is 0. The molecule has 0 fully saturated rings. The van der Waals surface area contributed by atoms with E-state index in [1.54, 1.807) is 0 Å². The van der Waals surface area contributed by atoms with Gasteiger partial charge in [0.2, 0.25) is 5.82 Å². The average Bonchev–Trinajstić information content (AvgIpc) is 3.13. The minimum atomic E-state index is 0.499. The molecule has 3 aromatic carbocycles. The Hall–Kier alpha value is -2.91. The van der Waals surface area contributed by atoms with Gasteiger partial charge in [0, 0.05) is 16.1 Å². The number of hydrogen-bond acceptors (Lipinski definition) is 3. The number of nitrogens with zero attached hydrogens (tertiary/aromatic N) is 2. The van der Waals surface area contributed by atoms with Gasteiger partial charge in [0.05, 0.1) is 0 Å². The van der Waals surface area contributed by atoms with Crippen molar-refractivity contribution in [3.8, 4) is 34.0 Å². The quantitative estimate of drug-likeness (QED) is 0.481. The minimum Gasteiger partial charge on any atom is -0.334 e. The standard InChI is InChI=1S/C20H13ClN2O/c21-16-12-10-15(11-13-16)19-22-20(24-23-19)18-9-5-4-8-17(18)14-6-2-1-3-7-14/h1-13H. The lowest BCUT2D eigenvalue weighted by Crippen LogP contribution is -1.85. The molecule has 0 bridgehead atoms. The fourth-order valence-corrected chi connectivity index (χ4v) is 2.71. The molecule has 3 nitrogen and oxygen atoms in total. The zero-order valence-electron chi connectivity index (χ0n) is 12.7. The Morgan fingerprint density at radius 1 is 0.667 bits per heavy atom. The first-order chi connectivity index (χ1) is 11.8. The summed E-state index contributed by atoms with van der Waals surface area (Å²) in [5.41, 5.74) is 3.95. The topological polar surface area (TPSA) is 38.9 Å². The predicted molar refractivity (Wildman–Crippen MR) is 95.6 cm³/mol. The average molecular weight is 333 g/mol. The van der Waals surface area contributed by atoms with Crippen LogP contribution in [0, 0.1) is 0 Å². The maximum absolute atomic E-state index is 5.92. The molecule has 24 heavy (non-hydrogen) atoms. The third kappa shape index (κ3) is 2.82. The van der Waals surface area contributed by atoms with Gasteiger partial charge in [-0.25, -0.2) is 0 Å². The number of rotatable bonds is 3. The van der Waals surface area contributed by atoms with E-state index in [1.807, 2.05) is 60.7 Å². The first-order valence-corrected chi connectivity index (χ1v) is 7.93. The smallest absolute Gasteiger partial charge is 0.258 e. The van der Waals surface area contributed by atoms with E-state index in [4.69, 9.17) is 16.1 Å². The van der Waals surface area contributed by atoms with Gasteiger partial charge in [0.1, 0.15) is 0 Å². The van der Waals surface area contributed by atoms with E-state index < -0.39 is 0 Å². The fraction of sp³-hybridized carbons (Fsp3) is 0. The molecule has 0 N–H and O–H groups in total. The summed E-state index contributed by atoms with van der Waals surface area (Å²) in [6, 6.07) is 25.5. The first-order valence-electron chi connectivity index (χ1n) is 7.56. The van der Waals surface area contributed by atoms with Crippen LogP contribution >= 0.6 is 11.6 Å². The van der Waals surface area contributed by atoms with Crippen LogP contribution in [-0.2, 0) is 0 Å². The van der Waals surface area contributed by atoms with Gasteiger partial charge in [0.25, 0.3) is 5.89 Å². The second kappa shape index (κ2) is 6.30. The van der Waals surface area contributed by atoms with E-state index in [2.05, 4.69) is 28.3 Å². The van der Waals surface area contributed by atoms with Gasteiger partial charge in [-0.3, -0.25) is 0 Å². The SMILES string of the molecule is Clc1ccc(-c2noc(-c3ccccc3-c3ccccc3)n2)cc1. The molecule has 4 aromatic rings. The van der Waals surface area contributed by atoms with Gasteiger partial charge in [0.15, 0.2) is 0 Å².